The average molecular weight is 574 g/mol. The van der Waals surface area contributed by atoms with Gasteiger partial charge in [0, 0.05) is 12.1 Å². The molecular formula is C31H28FN3O5S. The molecule has 41 heavy (non-hydrogen) atoms. The summed E-state index contributed by atoms with van der Waals surface area (Å²) in [7, 11) is -4.20. The molecular weight excluding hydrogens is 545 g/mol. The Balaban J connectivity index is 1.28. The molecule has 0 bridgehead atoms. The maximum atomic E-state index is 13.8. The Kier molecular flexibility index (Phi) is 7.27. The molecule has 1 fully saturated rings. The van der Waals surface area contributed by atoms with Crippen molar-refractivity contribution in [2.24, 2.45) is 0 Å². The molecule has 210 valence electrons. The van der Waals surface area contributed by atoms with Gasteiger partial charge in [-0.15, -0.1) is 0 Å². The van der Waals surface area contributed by atoms with Gasteiger partial charge >= 0.3 is 0 Å². The van der Waals surface area contributed by atoms with Crippen molar-refractivity contribution in [3.63, 3.8) is 0 Å². The molecule has 1 atom stereocenters. The van der Waals surface area contributed by atoms with Crippen molar-refractivity contribution in [3.05, 3.63) is 90.3 Å². The fraction of sp³-hybridized carbons (Fsp3) is 0.258. The number of rotatable bonds is 8. The molecule has 0 spiro atoms. The Labute approximate surface area is 237 Å². The minimum Gasteiger partial charge on any atom is -0.436 e. The molecule has 0 saturated carbocycles. The van der Waals surface area contributed by atoms with Crippen molar-refractivity contribution in [1.82, 2.24) is 9.29 Å². The second-order valence-electron chi connectivity index (χ2n) is 10.2. The number of benzene rings is 3. The van der Waals surface area contributed by atoms with Crippen molar-refractivity contribution >= 4 is 38.6 Å². The number of nitrogens with zero attached hydrogens (tertiary/aromatic N) is 3. The lowest BCUT2D eigenvalue weighted by Crippen LogP contribution is -2.46. The quantitative estimate of drug-likeness (QED) is 0.194. The molecule has 1 saturated heterocycles. The molecule has 2 heterocycles. The summed E-state index contributed by atoms with van der Waals surface area (Å²) in [6.45, 7) is 0.0414. The van der Waals surface area contributed by atoms with Crippen LogP contribution in [-0.2, 0) is 19.6 Å². The summed E-state index contributed by atoms with van der Waals surface area (Å²) in [6, 6.07) is 17.3. The molecule has 2 amide bonds. The summed E-state index contributed by atoms with van der Waals surface area (Å²) in [4.78, 5) is 32.3. The van der Waals surface area contributed by atoms with E-state index in [1.54, 1.807) is 24.3 Å². The number of aromatic nitrogens is 1. The number of anilines is 1. The van der Waals surface area contributed by atoms with E-state index in [1.165, 1.54) is 12.1 Å². The first-order chi connectivity index (χ1) is 19.8. The number of sulfonamides is 1. The van der Waals surface area contributed by atoms with E-state index < -0.39 is 33.7 Å². The van der Waals surface area contributed by atoms with E-state index in [0.717, 1.165) is 52.6 Å². The van der Waals surface area contributed by atoms with Crippen LogP contribution in [0.2, 0.25) is 0 Å². The fourth-order valence-corrected chi connectivity index (χ4v) is 7.01. The van der Waals surface area contributed by atoms with Gasteiger partial charge in [-0.25, -0.2) is 22.7 Å². The molecule has 3 aromatic carbocycles. The molecule has 1 aromatic heterocycles. The van der Waals surface area contributed by atoms with Gasteiger partial charge in [-0.2, -0.15) is 4.31 Å². The number of imide groups is 1. The standard InChI is InChI=1S/C31H28FN3O5S/c32-23-12-16-25(17-13-23)41(38,39)34(19-18-21-6-2-1-3-7-21)27-20-29(36)35(31(27)37)24-14-10-22(11-15-24)30-33-26-8-4-5-9-28(26)40-30/h4-6,8-17,27H,1-3,7,18-20H2. The second kappa shape index (κ2) is 11.0. The van der Waals surface area contributed by atoms with Crippen LogP contribution in [0.4, 0.5) is 10.1 Å². The third-order valence-electron chi connectivity index (χ3n) is 7.60. The highest BCUT2D eigenvalue weighted by Gasteiger charge is 2.46. The molecule has 1 unspecified atom stereocenters. The second-order valence-corrected chi connectivity index (χ2v) is 12.1. The predicted molar refractivity (Wildman–Crippen MR) is 152 cm³/mol. The molecule has 1 aliphatic carbocycles. The maximum absolute atomic E-state index is 13.8. The smallest absolute Gasteiger partial charge is 0.252 e. The molecule has 0 radical (unpaired) electrons. The van der Waals surface area contributed by atoms with Crippen LogP contribution in [0.25, 0.3) is 22.6 Å². The summed E-state index contributed by atoms with van der Waals surface area (Å²) >= 11 is 0. The van der Waals surface area contributed by atoms with Crippen molar-refractivity contribution < 1.29 is 26.8 Å². The van der Waals surface area contributed by atoms with E-state index in [2.05, 4.69) is 11.1 Å². The Bertz CT molecular complexity index is 1710. The summed E-state index contributed by atoms with van der Waals surface area (Å²) in [5.41, 5.74) is 3.49. The largest absolute Gasteiger partial charge is 0.436 e. The topological polar surface area (TPSA) is 101 Å². The number of amides is 2. The van der Waals surface area contributed by atoms with Crippen LogP contribution >= 0.6 is 0 Å². The van der Waals surface area contributed by atoms with Gasteiger partial charge < -0.3 is 4.42 Å². The number of hydrogen-bond acceptors (Lipinski definition) is 6. The van der Waals surface area contributed by atoms with E-state index in [-0.39, 0.29) is 17.9 Å². The first kappa shape index (κ1) is 27.0. The van der Waals surface area contributed by atoms with Gasteiger partial charge in [0.15, 0.2) is 5.58 Å². The highest BCUT2D eigenvalue weighted by Crippen LogP contribution is 2.32. The molecule has 6 rings (SSSR count). The van der Waals surface area contributed by atoms with Crippen LogP contribution in [0.5, 0.6) is 0 Å². The number of hydrogen-bond donors (Lipinski definition) is 0. The van der Waals surface area contributed by atoms with E-state index in [0.29, 0.717) is 34.7 Å². The SMILES string of the molecule is O=C1CC(N(CCC2=CCCCC2)S(=O)(=O)c2ccc(F)cc2)C(=O)N1c1ccc(-c2nc3ccccc3o2)cc1. The maximum Gasteiger partial charge on any atom is 0.252 e. The number of carbonyl (C=O) groups is 2. The van der Waals surface area contributed by atoms with Gasteiger partial charge in [0.2, 0.25) is 21.8 Å². The number of para-hydroxylation sites is 2. The van der Waals surface area contributed by atoms with Crippen molar-refractivity contribution in [2.75, 3.05) is 11.4 Å². The van der Waals surface area contributed by atoms with Gasteiger partial charge in [0.1, 0.15) is 17.4 Å². The third-order valence-corrected chi connectivity index (χ3v) is 9.52. The third kappa shape index (κ3) is 5.32. The Hall–Kier alpha value is -4.15. The molecule has 0 N–H and O–H groups in total. The summed E-state index contributed by atoms with van der Waals surface area (Å²) in [5, 5.41) is 0. The summed E-state index contributed by atoms with van der Waals surface area (Å²) < 4.78 is 48.0. The van der Waals surface area contributed by atoms with Gasteiger partial charge in [0.05, 0.1) is 17.0 Å². The Morgan fingerprint density at radius 1 is 0.976 bits per heavy atom. The van der Waals surface area contributed by atoms with Crippen LogP contribution in [0.15, 0.2) is 93.8 Å². The average Bonchev–Trinajstić information content (AvgIpc) is 3.54. The highest BCUT2D eigenvalue weighted by molar-refractivity contribution is 7.89. The zero-order valence-electron chi connectivity index (χ0n) is 22.2. The van der Waals surface area contributed by atoms with E-state index >= 15 is 0 Å². The fourth-order valence-electron chi connectivity index (χ4n) is 5.43. The first-order valence-electron chi connectivity index (χ1n) is 13.6. The Morgan fingerprint density at radius 3 is 2.44 bits per heavy atom. The van der Waals surface area contributed by atoms with Gasteiger partial charge in [-0.05, 0) is 92.8 Å². The number of carbonyl (C=O) groups excluding carboxylic acids is 2. The van der Waals surface area contributed by atoms with E-state index in [9.17, 15) is 22.4 Å². The van der Waals surface area contributed by atoms with Crippen LogP contribution in [0.1, 0.15) is 38.5 Å². The van der Waals surface area contributed by atoms with Crippen molar-refractivity contribution in [3.8, 4) is 11.5 Å². The minimum absolute atomic E-state index is 0.0414. The molecule has 2 aliphatic rings. The lowest BCUT2D eigenvalue weighted by molar-refractivity contribution is -0.122. The summed E-state index contributed by atoms with van der Waals surface area (Å²) in [5.74, 6) is -1.27. The molecule has 1 aliphatic heterocycles. The van der Waals surface area contributed by atoms with E-state index in [4.69, 9.17) is 4.42 Å². The molecule has 4 aromatic rings. The van der Waals surface area contributed by atoms with Crippen LogP contribution in [0.3, 0.4) is 0 Å². The molecule has 8 nitrogen and oxygen atoms in total. The lowest BCUT2D eigenvalue weighted by atomic mass is 9.97. The number of oxazole rings is 1. The van der Waals surface area contributed by atoms with E-state index in [1.807, 2.05) is 24.3 Å². The number of halogens is 1. The lowest BCUT2D eigenvalue weighted by Gasteiger charge is -2.27. The van der Waals surface area contributed by atoms with Crippen LogP contribution in [0, 0.1) is 5.82 Å². The number of allylic oxidation sites excluding steroid dienone is 1. The highest BCUT2D eigenvalue weighted by atomic mass is 32.2. The minimum atomic E-state index is -4.20. The van der Waals surface area contributed by atoms with Crippen LogP contribution < -0.4 is 4.90 Å². The predicted octanol–water partition coefficient (Wildman–Crippen LogP) is 5.85. The summed E-state index contributed by atoms with van der Waals surface area (Å²) in [6.07, 6.45) is 6.23. The Morgan fingerprint density at radius 2 is 1.73 bits per heavy atom. The van der Waals surface area contributed by atoms with Crippen molar-refractivity contribution in [1.29, 1.82) is 0 Å². The van der Waals surface area contributed by atoms with Gasteiger partial charge in [-0.1, -0.05) is 23.8 Å². The first-order valence-corrected chi connectivity index (χ1v) is 15.0. The van der Waals surface area contributed by atoms with Crippen molar-refractivity contribution in [2.45, 2.75) is 49.5 Å². The zero-order chi connectivity index (χ0) is 28.6. The van der Waals surface area contributed by atoms with Gasteiger partial charge in [-0.3, -0.25) is 9.59 Å². The number of fused-ring (bicyclic) bond motifs is 1. The molecule has 10 heteroatoms. The monoisotopic (exact) mass is 573 g/mol. The normalized spacial score (nSPS) is 18.0. The van der Waals surface area contributed by atoms with Crippen LogP contribution in [-0.4, -0.2) is 42.1 Å². The zero-order valence-corrected chi connectivity index (χ0v) is 23.0. The van der Waals surface area contributed by atoms with Gasteiger partial charge in [0.25, 0.3) is 5.91 Å².